The summed E-state index contributed by atoms with van der Waals surface area (Å²) in [5, 5.41) is 2.80. The first-order chi connectivity index (χ1) is 8.95. The first-order valence-electron chi connectivity index (χ1n) is 7.12. The van der Waals surface area contributed by atoms with Crippen molar-refractivity contribution in [3.63, 3.8) is 0 Å². The van der Waals surface area contributed by atoms with Crippen molar-refractivity contribution in [3.05, 3.63) is 53.6 Å². The Morgan fingerprint density at radius 1 is 0.722 bits per heavy atom. The van der Waals surface area contributed by atoms with Crippen molar-refractivity contribution in [2.24, 2.45) is 0 Å². The maximum atomic E-state index is 2.23. The van der Waals surface area contributed by atoms with E-state index in [9.17, 15) is 0 Å². The van der Waals surface area contributed by atoms with E-state index in [0.717, 1.165) is 6.42 Å². The minimum Gasteiger partial charge on any atom is -0.0795 e. The molecule has 0 heterocycles. The van der Waals surface area contributed by atoms with Crippen molar-refractivity contribution >= 4 is 16.8 Å². The topological polar surface area (TPSA) is 0 Å². The van der Waals surface area contributed by atoms with E-state index in [1.165, 1.54) is 54.0 Å². The first-order valence-corrected chi connectivity index (χ1v) is 7.12. The number of hydrogen-bond acceptors (Lipinski definition) is 0. The monoisotopic (exact) mass is 236 g/mol. The van der Waals surface area contributed by atoms with Crippen LogP contribution in [-0.2, 0) is 6.42 Å². The van der Waals surface area contributed by atoms with E-state index in [2.05, 4.69) is 48.6 Å². The second-order valence-electron chi connectivity index (χ2n) is 5.24. The molecule has 0 nitrogen and oxygen atoms in total. The van der Waals surface area contributed by atoms with Crippen molar-refractivity contribution in [1.82, 2.24) is 0 Å². The van der Waals surface area contributed by atoms with Gasteiger partial charge in [0.1, 0.15) is 0 Å². The molecule has 0 aromatic heterocycles. The number of hydrogen-bond donors (Lipinski definition) is 0. The van der Waals surface area contributed by atoms with Gasteiger partial charge in [0.2, 0.25) is 0 Å². The summed E-state index contributed by atoms with van der Waals surface area (Å²) in [6.45, 7) is 0. The van der Waals surface area contributed by atoms with Gasteiger partial charge < -0.3 is 0 Å². The molecule has 0 spiro atoms. The highest BCUT2D eigenvalue weighted by Gasteiger charge is 2.06. The third-order valence-corrected chi connectivity index (χ3v) is 3.91. The number of allylic oxidation sites excluding steroid dienone is 1. The molecule has 1 fully saturated rings. The molecule has 0 radical (unpaired) electrons. The van der Waals surface area contributed by atoms with Gasteiger partial charge in [0.05, 0.1) is 0 Å². The molecule has 0 N–H and O–H groups in total. The van der Waals surface area contributed by atoms with Gasteiger partial charge in [-0.05, 0) is 28.3 Å². The number of rotatable bonds is 0. The van der Waals surface area contributed by atoms with E-state index in [4.69, 9.17) is 0 Å². The Labute approximate surface area is 109 Å². The van der Waals surface area contributed by atoms with Crippen molar-refractivity contribution in [3.8, 4) is 0 Å². The van der Waals surface area contributed by atoms with Crippen LogP contribution < -0.4 is 0 Å². The quantitative estimate of drug-likeness (QED) is 0.577. The Bertz CT molecular complexity index is 546. The van der Waals surface area contributed by atoms with Gasteiger partial charge in [-0.15, -0.1) is 0 Å². The molecule has 0 unspecified atom stereocenters. The molecule has 2 aromatic rings. The second kappa shape index (κ2) is 5.39. The maximum Gasteiger partial charge on any atom is -0.00763 e. The van der Waals surface area contributed by atoms with Gasteiger partial charge >= 0.3 is 0 Å². The van der Waals surface area contributed by atoms with Gasteiger partial charge in [-0.3, -0.25) is 0 Å². The Morgan fingerprint density at radius 3 is 2.11 bits per heavy atom. The van der Waals surface area contributed by atoms with Crippen LogP contribution in [0.3, 0.4) is 0 Å². The molecule has 0 atom stereocenters. The molecule has 2 aliphatic rings. The lowest BCUT2D eigenvalue weighted by Gasteiger charge is -2.11. The Morgan fingerprint density at radius 2 is 1.39 bits per heavy atom. The van der Waals surface area contributed by atoms with Crippen LogP contribution in [0.15, 0.2) is 42.5 Å². The van der Waals surface area contributed by atoms with E-state index < -0.39 is 0 Å². The molecule has 0 aliphatic heterocycles. The molecule has 92 valence electrons. The maximum absolute atomic E-state index is 2.23. The third-order valence-electron chi connectivity index (χ3n) is 3.91. The van der Waals surface area contributed by atoms with Crippen LogP contribution in [0.5, 0.6) is 0 Å². The lowest BCUT2D eigenvalue weighted by molar-refractivity contribution is 0.886. The average Bonchev–Trinajstić information content (AvgIpc) is 2.99. The van der Waals surface area contributed by atoms with Crippen LogP contribution in [0.4, 0.5) is 0 Å². The molecule has 18 heavy (non-hydrogen) atoms. The van der Waals surface area contributed by atoms with E-state index in [1.54, 1.807) is 0 Å². The minimum atomic E-state index is 1.08. The summed E-state index contributed by atoms with van der Waals surface area (Å²) in [6.07, 6.45) is 13.0. The van der Waals surface area contributed by atoms with Crippen LogP contribution in [-0.4, -0.2) is 0 Å². The summed E-state index contributed by atoms with van der Waals surface area (Å²) >= 11 is 0. The van der Waals surface area contributed by atoms with Crippen LogP contribution in [0.2, 0.25) is 0 Å². The predicted octanol–water partition coefficient (Wildman–Crippen LogP) is 5.36. The van der Waals surface area contributed by atoms with Gasteiger partial charge in [0.15, 0.2) is 0 Å². The SMILES string of the molecule is C1=Cc2cccc3cccc(c23)C1.C1CCCC1. The summed E-state index contributed by atoms with van der Waals surface area (Å²) in [5.41, 5.74) is 2.81. The van der Waals surface area contributed by atoms with Crippen molar-refractivity contribution in [2.45, 2.75) is 38.5 Å². The largest absolute Gasteiger partial charge is 0.0795 e. The van der Waals surface area contributed by atoms with Gasteiger partial charge in [-0.25, -0.2) is 0 Å². The fourth-order valence-corrected chi connectivity index (χ4v) is 2.96. The van der Waals surface area contributed by atoms with Crippen LogP contribution in [0.1, 0.15) is 43.2 Å². The number of benzene rings is 2. The standard InChI is InChI=1S/C13H10.C5H10/c1-4-10-6-2-8-12-9-3-7-11(5-1)13(10)12;1-2-4-5-3-1/h1-8H,9H2;1-5H2. The smallest absolute Gasteiger partial charge is 0.00763 e. The zero-order chi connectivity index (χ0) is 12.2. The third kappa shape index (κ3) is 2.33. The first kappa shape index (κ1) is 11.5. The Kier molecular flexibility index (Phi) is 3.45. The highest BCUT2D eigenvalue weighted by Crippen LogP contribution is 2.27. The normalized spacial score (nSPS) is 16.4. The van der Waals surface area contributed by atoms with Crippen LogP contribution >= 0.6 is 0 Å². The van der Waals surface area contributed by atoms with Gasteiger partial charge in [-0.1, -0.05) is 80.7 Å². The van der Waals surface area contributed by atoms with Crippen LogP contribution in [0, 0.1) is 0 Å². The van der Waals surface area contributed by atoms with Gasteiger partial charge in [0.25, 0.3) is 0 Å². The summed E-state index contributed by atoms with van der Waals surface area (Å²) in [5.74, 6) is 0. The lowest BCUT2D eigenvalue weighted by Crippen LogP contribution is -1.91. The fraction of sp³-hybridized carbons (Fsp3) is 0.333. The summed E-state index contributed by atoms with van der Waals surface area (Å²) < 4.78 is 0. The lowest BCUT2D eigenvalue weighted by atomic mass is 9.93. The Balaban J connectivity index is 0.000000169. The molecule has 2 aromatic carbocycles. The molecule has 0 amide bonds. The highest BCUT2D eigenvalue weighted by atomic mass is 14.1. The fourth-order valence-electron chi connectivity index (χ4n) is 2.96. The summed E-state index contributed by atoms with van der Waals surface area (Å²) in [4.78, 5) is 0. The molecule has 4 rings (SSSR count). The van der Waals surface area contributed by atoms with Gasteiger partial charge in [0, 0.05) is 0 Å². The van der Waals surface area contributed by atoms with Crippen molar-refractivity contribution < 1.29 is 0 Å². The van der Waals surface area contributed by atoms with E-state index in [-0.39, 0.29) is 0 Å². The molecule has 0 bridgehead atoms. The van der Waals surface area contributed by atoms with Crippen molar-refractivity contribution in [1.29, 1.82) is 0 Å². The minimum absolute atomic E-state index is 1.08. The summed E-state index contributed by atoms with van der Waals surface area (Å²) in [6, 6.07) is 13.0. The molecular formula is C18H20. The second-order valence-corrected chi connectivity index (χ2v) is 5.24. The highest BCUT2D eigenvalue weighted by molar-refractivity contribution is 5.94. The Hall–Kier alpha value is -1.56. The zero-order valence-electron chi connectivity index (χ0n) is 10.9. The molecule has 1 saturated carbocycles. The zero-order valence-corrected chi connectivity index (χ0v) is 10.9. The summed E-state index contributed by atoms with van der Waals surface area (Å²) in [7, 11) is 0. The molecule has 0 saturated heterocycles. The van der Waals surface area contributed by atoms with Crippen molar-refractivity contribution in [2.75, 3.05) is 0 Å². The predicted molar refractivity (Wildman–Crippen MR) is 79.8 cm³/mol. The molecule has 2 aliphatic carbocycles. The molecule has 0 heteroatoms. The van der Waals surface area contributed by atoms with E-state index in [1.807, 2.05) is 0 Å². The average molecular weight is 236 g/mol. The van der Waals surface area contributed by atoms with E-state index >= 15 is 0 Å². The molecular weight excluding hydrogens is 216 g/mol. The van der Waals surface area contributed by atoms with Crippen LogP contribution in [0.25, 0.3) is 16.8 Å². The van der Waals surface area contributed by atoms with E-state index in [0.29, 0.717) is 0 Å². The van der Waals surface area contributed by atoms with Gasteiger partial charge in [-0.2, -0.15) is 0 Å².